The molecule has 1 N–H and O–H groups in total. The van der Waals surface area contributed by atoms with Crippen LogP contribution in [0, 0.1) is 6.92 Å². The van der Waals surface area contributed by atoms with Gasteiger partial charge in [-0.15, -0.1) is 20.5 Å². The predicted molar refractivity (Wildman–Crippen MR) is 158 cm³/mol. The molecule has 0 saturated carbocycles. The molecule has 0 fully saturated rings. The highest BCUT2D eigenvalue weighted by molar-refractivity contribution is 7.30. The maximum Gasteiger partial charge on any atom is 0.347 e. The number of nitrogens with one attached hydrogen (secondary N) is 1. The molecule has 1 unspecified atom stereocenters. The summed E-state index contributed by atoms with van der Waals surface area (Å²) >= 11 is 2.89. The quantitative estimate of drug-likeness (QED) is 0.103. The Bertz CT molecular complexity index is 1530. The lowest BCUT2D eigenvalue weighted by Crippen LogP contribution is -2.26. The second kappa shape index (κ2) is 13.7. The van der Waals surface area contributed by atoms with Crippen LogP contribution in [0.3, 0.4) is 0 Å². The van der Waals surface area contributed by atoms with E-state index in [1.165, 1.54) is 29.6 Å². The summed E-state index contributed by atoms with van der Waals surface area (Å²) in [5.41, 5.74) is 4.57. The van der Waals surface area contributed by atoms with Crippen LogP contribution in [0.5, 0.6) is 0 Å². The molecule has 0 saturated heterocycles. The van der Waals surface area contributed by atoms with Crippen molar-refractivity contribution in [3.05, 3.63) is 72.3 Å². The first kappa shape index (κ1) is 28.7. The third-order valence-corrected chi connectivity index (χ3v) is 7.44. The van der Waals surface area contributed by atoms with Crippen LogP contribution in [-0.4, -0.2) is 36.2 Å². The highest BCUT2D eigenvalue weighted by Gasteiger charge is 2.17. The number of thiazole rings is 1. The van der Waals surface area contributed by atoms with Crippen molar-refractivity contribution in [1.29, 1.82) is 0 Å². The van der Waals surface area contributed by atoms with Crippen molar-refractivity contribution >= 4 is 71.3 Å². The summed E-state index contributed by atoms with van der Waals surface area (Å²) in [6, 6.07) is 15.4. The van der Waals surface area contributed by atoms with E-state index in [2.05, 4.69) is 50.3 Å². The van der Waals surface area contributed by atoms with E-state index in [-0.39, 0.29) is 6.61 Å². The van der Waals surface area contributed by atoms with Crippen molar-refractivity contribution in [2.75, 3.05) is 18.5 Å². The number of fused-ring (bicyclic) bond motifs is 1. The normalized spacial score (nSPS) is 12.2. The van der Waals surface area contributed by atoms with E-state index < -0.39 is 18.0 Å². The summed E-state index contributed by atoms with van der Waals surface area (Å²) in [5, 5.41) is 22.0. The Labute approximate surface area is 239 Å². The number of anilines is 1. The van der Waals surface area contributed by atoms with Gasteiger partial charge in [0, 0.05) is 24.7 Å². The Morgan fingerprint density at radius 3 is 2.58 bits per heavy atom. The van der Waals surface area contributed by atoms with Gasteiger partial charge in [-0.25, -0.2) is 14.6 Å². The van der Waals surface area contributed by atoms with E-state index in [0.29, 0.717) is 17.2 Å². The second-order valence-electron chi connectivity index (χ2n) is 8.55. The van der Waals surface area contributed by atoms with Crippen LogP contribution in [0.2, 0.25) is 0 Å². The summed E-state index contributed by atoms with van der Waals surface area (Å²) in [4.78, 5) is 28.4. The molecular weight excluding hydrogens is 548 g/mol. The minimum absolute atomic E-state index is 0.165. The number of ether oxygens (including phenoxy) is 2. The number of carbonyl (C=O) groups excluding carboxylic acids is 2. The number of aryl methyl sites for hydroxylation is 1. The van der Waals surface area contributed by atoms with Gasteiger partial charge in [-0.2, -0.15) is 0 Å². The van der Waals surface area contributed by atoms with Crippen LogP contribution in [0.4, 0.5) is 27.2 Å². The third-order valence-electron chi connectivity index (χ3n) is 5.51. The van der Waals surface area contributed by atoms with Crippen molar-refractivity contribution in [3.63, 3.8) is 0 Å². The summed E-state index contributed by atoms with van der Waals surface area (Å²) in [6.45, 7) is 9.84. The molecule has 10 nitrogen and oxygen atoms in total. The highest BCUT2D eigenvalue weighted by Crippen LogP contribution is 2.39. The average Bonchev–Trinajstić information content (AvgIpc) is 3.50. The zero-order valence-electron chi connectivity index (χ0n) is 22.3. The smallest absolute Gasteiger partial charge is 0.347 e. The van der Waals surface area contributed by atoms with E-state index in [4.69, 9.17) is 9.47 Å². The fourth-order valence-corrected chi connectivity index (χ4v) is 5.33. The molecule has 0 spiro atoms. The number of rotatable bonds is 12. The van der Waals surface area contributed by atoms with Crippen LogP contribution >= 0.6 is 22.7 Å². The molecule has 4 aromatic rings. The molecule has 0 amide bonds. The number of azo groups is 2. The number of aromatic nitrogens is 1. The largest absolute Gasteiger partial charge is 0.463 e. The van der Waals surface area contributed by atoms with Gasteiger partial charge in [-0.05, 0) is 68.3 Å². The van der Waals surface area contributed by atoms with Gasteiger partial charge < -0.3 is 14.8 Å². The summed E-state index contributed by atoms with van der Waals surface area (Å²) in [5.74, 6) is -1.27. The lowest BCUT2D eigenvalue weighted by atomic mass is 10.1. The van der Waals surface area contributed by atoms with E-state index in [9.17, 15) is 9.59 Å². The topological polar surface area (TPSA) is 127 Å². The second-order valence-corrected chi connectivity index (χ2v) is 10.6. The third kappa shape index (κ3) is 7.87. The van der Waals surface area contributed by atoms with Gasteiger partial charge in [-0.1, -0.05) is 41.4 Å². The minimum Gasteiger partial charge on any atom is -0.463 e. The Balaban J connectivity index is 1.29. The molecule has 2 aromatic carbocycles. The number of hydrogen-bond donors (Lipinski definition) is 1. The van der Waals surface area contributed by atoms with Gasteiger partial charge in [0.1, 0.15) is 9.83 Å². The van der Waals surface area contributed by atoms with E-state index >= 15 is 0 Å². The number of carbonyl (C=O) groups is 2. The van der Waals surface area contributed by atoms with Crippen molar-refractivity contribution in [3.8, 4) is 0 Å². The summed E-state index contributed by atoms with van der Waals surface area (Å²) < 4.78 is 11.0. The average molecular weight is 577 g/mol. The maximum absolute atomic E-state index is 11.9. The van der Waals surface area contributed by atoms with Crippen LogP contribution < -0.4 is 5.32 Å². The molecular formula is C28H28N6O4S2. The molecule has 206 valence electrons. The molecule has 2 aromatic heterocycles. The molecule has 12 heteroatoms. The zero-order chi connectivity index (χ0) is 28.5. The molecule has 4 rings (SSSR count). The number of esters is 2. The SMILES string of the molecule is C=CC(=O)OC(C)C(=O)OCCc1ccc(N=Nc2cc3sc(N=Nc4ccc(NCC)cc4C)nc3s2)cc1. The first-order valence-corrected chi connectivity index (χ1v) is 14.1. The molecule has 0 aliphatic rings. The van der Waals surface area contributed by atoms with Gasteiger partial charge in [0.15, 0.2) is 6.10 Å². The molecule has 1 atom stereocenters. The zero-order valence-corrected chi connectivity index (χ0v) is 23.9. The first-order valence-electron chi connectivity index (χ1n) is 12.5. The summed E-state index contributed by atoms with van der Waals surface area (Å²) in [6.07, 6.45) is 0.528. The van der Waals surface area contributed by atoms with Crippen molar-refractivity contribution in [1.82, 2.24) is 4.98 Å². The van der Waals surface area contributed by atoms with Crippen molar-refractivity contribution in [2.45, 2.75) is 33.3 Å². The first-order chi connectivity index (χ1) is 19.3. The summed E-state index contributed by atoms with van der Waals surface area (Å²) in [7, 11) is 0. The Morgan fingerprint density at radius 1 is 1.07 bits per heavy atom. The minimum atomic E-state index is -0.984. The van der Waals surface area contributed by atoms with Gasteiger partial charge in [0.05, 0.1) is 22.7 Å². The van der Waals surface area contributed by atoms with Gasteiger partial charge in [-0.3, -0.25) is 0 Å². The fraction of sp³-hybridized carbons (Fsp3) is 0.250. The lowest BCUT2D eigenvalue weighted by Gasteiger charge is -2.11. The van der Waals surface area contributed by atoms with Gasteiger partial charge >= 0.3 is 11.9 Å². The molecule has 2 heterocycles. The number of thiophene rings is 1. The Hall–Kier alpha value is -4.29. The Morgan fingerprint density at radius 2 is 1.88 bits per heavy atom. The number of hydrogen-bond acceptors (Lipinski definition) is 12. The van der Waals surface area contributed by atoms with Crippen LogP contribution in [0.25, 0.3) is 9.53 Å². The van der Waals surface area contributed by atoms with Crippen molar-refractivity contribution < 1.29 is 19.1 Å². The Kier molecular flexibility index (Phi) is 9.81. The monoisotopic (exact) mass is 576 g/mol. The molecule has 0 aliphatic heterocycles. The van der Waals surface area contributed by atoms with Gasteiger partial charge in [0.2, 0.25) is 5.13 Å². The fourth-order valence-electron chi connectivity index (χ4n) is 3.48. The van der Waals surface area contributed by atoms with Gasteiger partial charge in [0.25, 0.3) is 0 Å². The van der Waals surface area contributed by atoms with Crippen molar-refractivity contribution in [2.24, 2.45) is 20.5 Å². The molecule has 0 aliphatic carbocycles. The maximum atomic E-state index is 11.9. The van der Waals surface area contributed by atoms with E-state index in [1.807, 2.05) is 49.4 Å². The number of benzene rings is 2. The van der Waals surface area contributed by atoms with E-state index in [0.717, 1.165) is 49.7 Å². The van der Waals surface area contributed by atoms with E-state index in [1.54, 1.807) is 0 Å². The van der Waals surface area contributed by atoms with Crippen LogP contribution in [-0.2, 0) is 25.5 Å². The standard InChI is InChI=1S/C28H28N6O4S2/c1-5-25(35)38-18(4)27(36)37-14-13-19-7-9-20(10-8-19)31-33-24-16-23-26(40-24)30-28(39-23)34-32-22-12-11-21(29-6-2)15-17(22)3/h5,7-12,15-16,18,29H,1,6,13-14H2,2-4H3. The molecule has 0 bridgehead atoms. The van der Waals surface area contributed by atoms with Crippen LogP contribution in [0.15, 0.2) is 81.6 Å². The predicted octanol–water partition coefficient (Wildman–Crippen LogP) is 8.13. The molecule has 40 heavy (non-hydrogen) atoms. The molecule has 0 radical (unpaired) electrons. The number of nitrogens with zero attached hydrogens (tertiary/aromatic N) is 5. The van der Waals surface area contributed by atoms with Crippen LogP contribution in [0.1, 0.15) is 25.0 Å². The highest BCUT2D eigenvalue weighted by atomic mass is 32.1. The lowest BCUT2D eigenvalue weighted by molar-refractivity contribution is -0.163.